The highest BCUT2D eigenvalue weighted by Crippen LogP contribution is 2.39. The Balaban J connectivity index is 4.41. The van der Waals surface area contributed by atoms with E-state index in [9.17, 15) is 0 Å². The summed E-state index contributed by atoms with van der Waals surface area (Å²) in [5, 5.41) is 0.619. The summed E-state index contributed by atoms with van der Waals surface area (Å²) < 4.78 is 0. The fraction of sp³-hybridized carbons (Fsp3) is 1.00. The predicted octanol–water partition coefficient (Wildman–Crippen LogP) is 8.51. The van der Waals surface area contributed by atoms with Gasteiger partial charge in [-0.15, -0.1) is 23.2 Å². The summed E-state index contributed by atoms with van der Waals surface area (Å²) in [5.74, 6) is 1.95. The maximum Gasteiger partial charge on any atom is 0.108 e. The highest BCUT2D eigenvalue weighted by molar-refractivity contribution is 8.76. The normalized spacial score (nSPS) is 13.2. The number of unbranched alkanes of at least 4 members (excludes halogenated alkanes) is 6. The third-order valence-corrected chi connectivity index (χ3v) is 7.51. The second-order valence-electron chi connectivity index (χ2n) is 6.13. The summed E-state index contributed by atoms with van der Waals surface area (Å²) in [4.78, 5) is -0.219. The Labute approximate surface area is 157 Å². The van der Waals surface area contributed by atoms with E-state index in [2.05, 4.69) is 20.8 Å². The van der Waals surface area contributed by atoms with Crippen molar-refractivity contribution < 1.29 is 0 Å². The van der Waals surface area contributed by atoms with Gasteiger partial charge in [0.2, 0.25) is 0 Å². The molecule has 0 bridgehead atoms. The molecule has 0 fully saturated rings. The Kier molecular flexibility index (Phi) is 18.1. The van der Waals surface area contributed by atoms with Crippen LogP contribution in [-0.2, 0) is 0 Å². The van der Waals surface area contributed by atoms with Gasteiger partial charge in [0.05, 0.1) is 0 Å². The summed E-state index contributed by atoms with van der Waals surface area (Å²) in [7, 11) is 4.01. The van der Waals surface area contributed by atoms with Gasteiger partial charge in [0.15, 0.2) is 0 Å². The van der Waals surface area contributed by atoms with Gasteiger partial charge in [0, 0.05) is 11.0 Å². The fourth-order valence-corrected chi connectivity index (χ4v) is 6.07. The molecule has 0 aliphatic heterocycles. The molecule has 0 aliphatic rings. The van der Waals surface area contributed by atoms with Crippen molar-refractivity contribution in [3.63, 3.8) is 0 Å². The second-order valence-corrected chi connectivity index (χ2v) is 10.3. The Morgan fingerprint density at radius 1 is 0.773 bits per heavy atom. The minimum Gasteiger partial charge on any atom is -0.105 e. The average molecular weight is 388 g/mol. The third-order valence-electron chi connectivity index (χ3n) is 4.10. The summed E-state index contributed by atoms with van der Waals surface area (Å²) in [6.07, 6.45) is 14.5. The Morgan fingerprint density at radius 3 is 1.73 bits per heavy atom. The first-order valence-electron chi connectivity index (χ1n) is 9.22. The van der Waals surface area contributed by atoms with E-state index < -0.39 is 0 Å². The molecule has 1 atom stereocenters. The topological polar surface area (TPSA) is 0 Å². The average Bonchev–Trinajstić information content (AvgIpc) is 2.49. The zero-order chi connectivity index (χ0) is 16.6. The minimum atomic E-state index is -0.219. The van der Waals surface area contributed by atoms with E-state index in [1.54, 1.807) is 0 Å². The zero-order valence-electron chi connectivity index (χ0n) is 14.8. The summed E-state index contributed by atoms with van der Waals surface area (Å²) in [6, 6.07) is 0. The molecule has 0 saturated carbocycles. The lowest BCUT2D eigenvalue weighted by molar-refractivity contribution is 0.388. The maximum absolute atomic E-state index is 6.11. The van der Waals surface area contributed by atoms with Crippen LogP contribution in [0, 0.1) is 5.92 Å². The molecule has 0 spiro atoms. The molecule has 0 unspecified atom stereocenters. The van der Waals surface area contributed by atoms with Crippen molar-refractivity contribution in [2.45, 2.75) is 101 Å². The van der Waals surface area contributed by atoms with Gasteiger partial charge in [0.1, 0.15) is 4.84 Å². The van der Waals surface area contributed by atoms with Crippen molar-refractivity contribution >= 4 is 44.8 Å². The Bertz CT molecular complexity index is 213. The highest BCUT2D eigenvalue weighted by atomic mass is 35.5. The molecule has 0 aromatic rings. The molecule has 0 amide bonds. The van der Waals surface area contributed by atoms with E-state index in [0.29, 0.717) is 5.25 Å². The number of rotatable bonds is 16. The van der Waals surface area contributed by atoms with Gasteiger partial charge >= 0.3 is 0 Å². The monoisotopic (exact) mass is 386 g/mol. The quantitative estimate of drug-likeness (QED) is 0.148. The van der Waals surface area contributed by atoms with Gasteiger partial charge in [0.25, 0.3) is 0 Å². The lowest BCUT2D eigenvalue weighted by Gasteiger charge is -2.27. The molecule has 0 aromatic carbocycles. The van der Waals surface area contributed by atoms with Crippen molar-refractivity contribution in [1.29, 1.82) is 0 Å². The molecular formula is C18H36Cl2S2. The molecule has 134 valence electrons. The van der Waals surface area contributed by atoms with Crippen molar-refractivity contribution in [2.24, 2.45) is 5.92 Å². The Hall–Kier alpha value is 1.28. The molecular weight excluding hydrogens is 351 g/mol. The molecule has 0 heterocycles. The first kappa shape index (κ1) is 23.3. The van der Waals surface area contributed by atoms with E-state index in [1.165, 1.54) is 64.2 Å². The molecule has 4 heteroatoms. The number of alkyl halides is 2. The first-order chi connectivity index (χ1) is 10.7. The van der Waals surface area contributed by atoms with Crippen molar-refractivity contribution in [3.05, 3.63) is 0 Å². The van der Waals surface area contributed by atoms with Crippen LogP contribution in [0.3, 0.4) is 0 Å². The van der Waals surface area contributed by atoms with Crippen LogP contribution in [0.5, 0.6) is 0 Å². The molecule has 0 rings (SSSR count). The van der Waals surface area contributed by atoms with Crippen molar-refractivity contribution in [2.75, 3.05) is 5.75 Å². The molecule has 0 nitrogen and oxygen atoms in total. The second kappa shape index (κ2) is 17.1. The summed E-state index contributed by atoms with van der Waals surface area (Å²) >= 11 is 12.2. The van der Waals surface area contributed by atoms with Crippen LogP contribution in [0.2, 0.25) is 0 Å². The lowest BCUT2D eigenvalue weighted by atomic mass is 9.90. The summed E-state index contributed by atoms with van der Waals surface area (Å²) in [6.45, 7) is 6.79. The van der Waals surface area contributed by atoms with Crippen LogP contribution in [0.1, 0.15) is 91.4 Å². The third kappa shape index (κ3) is 13.7. The van der Waals surface area contributed by atoms with Gasteiger partial charge < -0.3 is 0 Å². The SMILES string of the molecule is CCCCCCC(CCCCCC)[C@@H](CC(Cl)Cl)SSCC. The molecule has 22 heavy (non-hydrogen) atoms. The van der Waals surface area contributed by atoms with Crippen LogP contribution < -0.4 is 0 Å². The molecule has 0 aromatic heterocycles. The predicted molar refractivity (Wildman–Crippen MR) is 111 cm³/mol. The van der Waals surface area contributed by atoms with Crippen LogP contribution in [0.25, 0.3) is 0 Å². The van der Waals surface area contributed by atoms with E-state index in [4.69, 9.17) is 23.2 Å². The number of halogens is 2. The lowest BCUT2D eigenvalue weighted by Crippen LogP contribution is -2.19. The van der Waals surface area contributed by atoms with Crippen molar-refractivity contribution in [3.8, 4) is 0 Å². The van der Waals surface area contributed by atoms with Crippen LogP contribution in [0.4, 0.5) is 0 Å². The maximum atomic E-state index is 6.11. The van der Waals surface area contributed by atoms with Crippen molar-refractivity contribution in [1.82, 2.24) is 0 Å². The summed E-state index contributed by atoms with van der Waals surface area (Å²) in [5.41, 5.74) is 0. The van der Waals surface area contributed by atoms with E-state index in [0.717, 1.165) is 18.1 Å². The fourth-order valence-electron chi connectivity index (χ4n) is 2.82. The molecule has 0 radical (unpaired) electrons. The number of hydrogen-bond acceptors (Lipinski definition) is 2. The van der Waals surface area contributed by atoms with Gasteiger partial charge in [-0.3, -0.25) is 0 Å². The molecule has 0 saturated heterocycles. The van der Waals surface area contributed by atoms with Crippen LogP contribution >= 0.6 is 44.8 Å². The largest absolute Gasteiger partial charge is 0.108 e. The van der Waals surface area contributed by atoms with Gasteiger partial charge in [-0.1, -0.05) is 93.7 Å². The minimum absolute atomic E-state index is 0.219. The zero-order valence-corrected chi connectivity index (χ0v) is 17.9. The van der Waals surface area contributed by atoms with Crippen LogP contribution in [-0.4, -0.2) is 15.8 Å². The molecule has 0 N–H and O–H groups in total. The highest BCUT2D eigenvalue weighted by Gasteiger charge is 2.24. The van der Waals surface area contributed by atoms with E-state index in [1.807, 2.05) is 21.6 Å². The Morgan fingerprint density at radius 2 is 1.32 bits per heavy atom. The standard InChI is InChI=1S/C18H36Cl2S2/c1-4-7-9-11-13-16(14-12-10-8-5-2)17(15-18(19)20)22-21-6-3/h16-18H,4-15H2,1-3H3/t17-/m1/s1. The van der Waals surface area contributed by atoms with Crippen LogP contribution in [0.15, 0.2) is 0 Å². The van der Waals surface area contributed by atoms with Gasteiger partial charge in [-0.25, -0.2) is 0 Å². The molecule has 0 aliphatic carbocycles. The van der Waals surface area contributed by atoms with E-state index >= 15 is 0 Å². The number of hydrogen-bond donors (Lipinski definition) is 0. The van der Waals surface area contributed by atoms with E-state index in [-0.39, 0.29) is 4.84 Å². The first-order valence-corrected chi connectivity index (χ1v) is 12.5. The van der Waals surface area contributed by atoms with Gasteiger partial charge in [-0.2, -0.15) is 0 Å². The smallest absolute Gasteiger partial charge is 0.105 e. The van der Waals surface area contributed by atoms with Gasteiger partial charge in [-0.05, 0) is 25.2 Å².